The Balaban J connectivity index is 1.84. The fourth-order valence-corrected chi connectivity index (χ4v) is 3.29. The minimum atomic E-state index is -0.485. The number of benzene rings is 1. The van der Waals surface area contributed by atoms with Crippen LogP contribution in [0.25, 0.3) is 22.0 Å². The van der Waals surface area contributed by atoms with E-state index >= 15 is 0 Å². The minimum absolute atomic E-state index is 0.245. The van der Waals surface area contributed by atoms with Crippen molar-refractivity contribution in [2.45, 2.75) is 18.9 Å². The van der Waals surface area contributed by atoms with Gasteiger partial charge >= 0.3 is 0 Å². The van der Waals surface area contributed by atoms with Gasteiger partial charge in [0.2, 0.25) is 0 Å². The van der Waals surface area contributed by atoms with E-state index in [9.17, 15) is 4.79 Å². The van der Waals surface area contributed by atoms with Gasteiger partial charge in [-0.05, 0) is 36.6 Å². The van der Waals surface area contributed by atoms with Crippen molar-refractivity contribution in [3.63, 3.8) is 0 Å². The summed E-state index contributed by atoms with van der Waals surface area (Å²) in [6, 6.07) is 10.2. The van der Waals surface area contributed by atoms with Crippen molar-refractivity contribution in [3.05, 3.63) is 54.5 Å². The van der Waals surface area contributed by atoms with E-state index in [1.807, 2.05) is 36.5 Å². The number of fused-ring (bicyclic) bond motifs is 1. The Bertz CT molecular complexity index is 937. The number of nitrogens with one attached hydrogen (secondary N) is 1. The molecule has 1 fully saturated rings. The predicted molar refractivity (Wildman–Crippen MR) is 101 cm³/mol. The molecule has 0 unspecified atom stereocenters. The van der Waals surface area contributed by atoms with Gasteiger partial charge in [0.15, 0.2) is 0 Å². The first-order chi connectivity index (χ1) is 12.7. The molecule has 1 amide bonds. The first-order valence-electron chi connectivity index (χ1n) is 8.69. The SMILES string of the molecule is NC(=O)c1cnc2ccc(-c3cccnc3)cc2c1NC1CCOCC1. The second kappa shape index (κ2) is 7.09. The number of rotatable bonds is 4. The van der Waals surface area contributed by atoms with E-state index in [1.165, 1.54) is 0 Å². The van der Waals surface area contributed by atoms with Crippen LogP contribution in [0, 0.1) is 0 Å². The van der Waals surface area contributed by atoms with Crippen molar-refractivity contribution < 1.29 is 9.53 Å². The van der Waals surface area contributed by atoms with E-state index < -0.39 is 5.91 Å². The average molecular weight is 348 g/mol. The Labute approximate surface area is 151 Å². The number of anilines is 1. The third-order valence-corrected chi connectivity index (χ3v) is 4.70. The molecule has 6 nitrogen and oxygen atoms in total. The normalized spacial score (nSPS) is 15.1. The molecule has 3 aromatic rings. The maximum atomic E-state index is 12.0. The minimum Gasteiger partial charge on any atom is -0.381 e. The van der Waals surface area contributed by atoms with Gasteiger partial charge in [-0.1, -0.05) is 12.1 Å². The molecule has 3 heterocycles. The van der Waals surface area contributed by atoms with Crippen LogP contribution in [-0.2, 0) is 4.74 Å². The summed E-state index contributed by atoms with van der Waals surface area (Å²) in [5.74, 6) is -0.485. The molecule has 132 valence electrons. The fraction of sp³-hybridized carbons (Fsp3) is 0.250. The summed E-state index contributed by atoms with van der Waals surface area (Å²) in [5.41, 5.74) is 9.61. The molecule has 1 aliphatic rings. The maximum Gasteiger partial charge on any atom is 0.252 e. The third kappa shape index (κ3) is 3.23. The molecule has 0 atom stereocenters. The molecule has 1 saturated heterocycles. The lowest BCUT2D eigenvalue weighted by atomic mass is 10.0. The summed E-state index contributed by atoms with van der Waals surface area (Å²) >= 11 is 0. The van der Waals surface area contributed by atoms with Gasteiger partial charge in [-0.25, -0.2) is 0 Å². The highest BCUT2D eigenvalue weighted by Crippen LogP contribution is 2.31. The van der Waals surface area contributed by atoms with Gasteiger partial charge in [0.25, 0.3) is 5.91 Å². The Kier molecular flexibility index (Phi) is 4.50. The number of hydrogen-bond donors (Lipinski definition) is 2. The number of primary amides is 1. The van der Waals surface area contributed by atoms with Gasteiger partial charge in [-0.3, -0.25) is 14.8 Å². The zero-order valence-electron chi connectivity index (χ0n) is 14.3. The lowest BCUT2D eigenvalue weighted by Crippen LogP contribution is -2.29. The summed E-state index contributed by atoms with van der Waals surface area (Å²) in [6.45, 7) is 1.43. The second-order valence-electron chi connectivity index (χ2n) is 6.42. The van der Waals surface area contributed by atoms with E-state index in [0.29, 0.717) is 18.8 Å². The lowest BCUT2D eigenvalue weighted by Gasteiger charge is -2.25. The topological polar surface area (TPSA) is 90.1 Å². The zero-order valence-corrected chi connectivity index (χ0v) is 14.3. The first-order valence-corrected chi connectivity index (χ1v) is 8.69. The quantitative estimate of drug-likeness (QED) is 0.756. The smallest absolute Gasteiger partial charge is 0.252 e. The van der Waals surface area contributed by atoms with Crippen molar-refractivity contribution in [1.29, 1.82) is 0 Å². The summed E-state index contributed by atoms with van der Waals surface area (Å²) in [4.78, 5) is 20.6. The molecule has 26 heavy (non-hydrogen) atoms. The first kappa shape index (κ1) is 16.5. The number of hydrogen-bond acceptors (Lipinski definition) is 5. The summed E-state index contributed by atoms with van der Waals surface area (Å²) in [6.07, 6.45) is 6.90. The van der Waals surface area contributed by atoms with E-state index in [2.05, 4.69) is 15.3 Å². The molecule has 6 heteroatoms. The van der Waals surface area contributed by atoms with Crippen molar-refractivity contribution >= 4 is 22.5 Å². The van der Waals surface area contributed by atoms with E-state index in [0.717, 1.165) is 40.6 Å². The lowest BCUT2D eigenvalue weighted by molar-refractivity contribution is 0.0904. The average Bonchev–Trinajstić information content (AvgIpc) is 2.69. The number of carbonyl (C=O) groups is 1. The monoisotopic (exact) mass is 348 g/mol. The molecule has 2 aromatic heterocycles. The van der Waals surface area contributed by atoms with Gasteiger partial charge in [0.05, 0.1) is 16.8 Å². The number of carbonyl (C=O) groups excluding carboxylic acids is 1. The fourth-order valence-electron chi connectivity index (χ4n) is 3.29. The predicted octanol–water partition coefficient (Wildman–Crippen LogP) is 2.99. The number of ether oxygens (including phenoxy) is 1. The van der Waals surface area contributed by atoms with Crippen molar-refractivity contribution in [3.8, 4) is 11.1 Å². The van der Waals surface area contributed by atoms with Crippen molar-refractivity contribution in [1.82, 2.24) is 9.97 Å². The van der Waals surface area contributed by atoms with E-state index in [1.54, 1.807) is 12.4 Å². The van der Waals surface area contributed by atoms with Crippen LogP contribution in [0.5, 0.6) is 0 Å². The van der Waals surface area contributed by atoms with Crippen LogP contribution in [0.1, 0.15) is 23.2 Å². The molecule has 0 saturated carbocycles. The van der Waals surface area contributed by atoms with Crippen molar-refractivity contribution in [2.75, 3.05) is 18.5 Å². The van der Waals surface area contributed by atoms with Crippen molar-refractivity contribution in [2.24, 2.45) is 5.73 Å². The molecular formula is C20H20N4O2. The van der Waals surface area contributed by atoms with Crippen LogP contribution >= 0.6 is 0 Å². The van der Waals surface area contributed by atoms with E-state index in [-0.39, 0.29) is 6.04 Å². The number of nitrogens with two attached hydrogens (primary N) is 1. The highest BCUT2D eigenvalue weighted by atomic mass is 16.5. The van der Waals surface area contributed by atoms with Crippen LogP contribution in [-0.4, -0.2) is 35.1 Å². The largest absolute Gasteiger partial charge is 0.381 e. The van der Waals surface area contributed by atoms with Crippen LogP contribution in [0.3, 0.4) is 0 Å². The number of aromatic nitrogens is 2. The zero-order chi connectivity index (χ0) is 17.9. The van der Waals surface area contributed by atoms with Crippen LogP contribution in [0.15, 0.2) is 48.9 Å². The Hall–Kier alpha value is -2.99. The van der Waals surface area contributed by atoms with Gasteiger partial charge in [0.1, 0.15) is 0 Å². The van der Waals surface area contributed by atoms with Crippen LogP contribution < -0.4 is 11.1 Å². The van der Waals surface area contributed by atoms with E-state index in [4.69, 9.17) is 10.5 Å². The second-order valence-corrected chi connectivity index (χ2v) is 6.42. The van der Waals surface area contributed by atoms with Gasteiger partial charge in [-0.15, -0.1) is 0 Å². The standard InChI is InChI=1S/C20H20N4O2/c21-20(25)17-12-23-18-4-3-13(14-2-1-7-22-11-14)10-16(18)19(17)24-15-5-8-26-9-6-15/h1-4,7,10-12,15H,5-6,8-9H2,(H2,21,25)(H,23,24). The number of amides is 1. The van der Waals surface area contributed by atoms with Gasteiger partial charge in [-0.2, -0.15) is 0 Å². The molecule has 0 radical (unpaired) electrons. The molecule has 0 spiro atoms. The molecule has 3 N–H and O–H groups in total. The molecule has 1 aromatic carbocycles. The molecule has 0 aliphatic carbocycles. The summed E-state index contributed by atoms with van der Waals surface area (Å²) in [5, 5.41) is 4.40. The maximum absolute atomic E-state index is 12.0. The highest BCUT2D eigenvalue weighted by molar-refractivity contribution is 6.07. The molecule has 1 aliphatic heterocycles. The third-order valence-electron chi connectivity index (χ3n) is 4.70. The Morgan fingerprint density at radius 2 is 2.00 bits per heavy atom. The van der Waals surface area contributed by atoms with Gasteiger partial charge in [0, 0.05) is 48.8 Å². The van der Waals surface area contributed by atoms with Crippen LogP contribution in [0.4, 0.5) is 5.69 Å². The number of pyridine rings is 2. The highest BCUT2D eigenvalue weighted by Gasteiger charge is 2.19. The summed E-state index contributed by atoms with van der Waals surface area (Å²) < 4.78 is 5.43. The molecule has 0 bridgehead atoms. The summed E-state index contributed by atoms with van der Waals surface area (Å²) in [7, 11) is 0. The Morgan fingerprint density at radius 1 is 1.15 bits per heavy atom. The van der Waals surface area contributed by atoms with Crippen LogP contribution in [0.2, 0.25) is 0 Å². The molecule has 4 rings (SSSR count). The van der Waals surface area contributed by atoms with Gasteiger partial charge < -0.3 is 15.8 Å². The Morgan fingerprint density at radius 3 is 2.73 bits per heavy atom. The number of nitrogens with zero attached hydrogens (tertiary/aromatic N) is 2. The molecular weight excluding hydrogens is 328 g/mol.